The lowest BCUT2D eigenvalue weighted by Crippen LogP contribution is -1.95. The van der Waals surface area contributed by atoms with Crippen molar-refractivity contribution in [1.82, 2.24) is 0 Å². The number of hydrogen-bond donors (Lipinski definition) is 0. The van der Waals surface area contributed by atoms with E-state index in [1.807, 2.05) is 5.66 Å². The molecule has 13 heavy (non-hydrogen) atoms. The Hall–Kier alpha value is -0.810. The van der Waals surface area contributed by atoms with Crippen molar-refractivity contribution in [2.24, 2.45) is 0 Å². The lowest BCUT2D eigenvalue weighted by Gasteiger charge is -2.10. The van der Waals surface area contributed by atoms with Crippen LogP contribution in [0.5, 0.6) is 0 Å². The van der Waals surface area contributed by atoms with E-state index in [1.54, 1.807) is 6.08 Å². The zero-order valence-corrected chi connectivity index (χ0v) is 8.33. The van der Waals surface area contributed by atoms with Crippen LogP contribution in [0.4, 0.5) is 0 Å². The summed E-state index contributed by atoms with van der Waals surface area (Å²) in [4.78, 5) is 0. The Labute approximate surface area is 79.0 Å². The molecule has 1 unspecified atom stereocenters. The van der Waals surface area contributed by atoms with E-state index in [1.165, 1.54) is 6.08 Å². The smallest absolute Gasteiger partial charge is 0.299 e. The number of rotatable bonds is 7. The van der Waals surface area contributed by atoms with Gasteiger partial charge in [0.1, 0.15) is 0 Å². The Morgan fingerprint density at radius 3 is 2.54 bits per heavy atom. The summed E-state index contributed by atoms with van der Waals surface area (Å²) in [5.41, 5.74) is 2.00. The fourth-order valence-electron chi connectivity index (χ4n) is 0.519. The zero-order chi connectivity index (χ0) is 10.2. The first kappa shape index (κ1) is 12.2. The molecule has 0 aromatic heterocycles. The van der Waals surface area contributed by atoms with Crippen molar-refractivity contribution in [3.05, 3.63) is 25.3 Å². The second-order valence-electron chi connectivity index (χ2n) is 2.12. The van der Waals surface area contributed by atoms with E-state index in [9.17, 15) is 4.57 Å². The fourth-order valence-corrected chi connectivity index (χ4v) is 1.39. The van der Waals surface area contributed by atoms with Gasteiger partial charge in [-0.3, -0.25) is 9.05 Å². The van der Waals surface area contributed by atoms with Crippen LogP contribution >= 0.6 is 7.60 Å². The molecular formula is C9H13O3P. The van der Waals surface area contributed by atoms with Crippen LogP contribution in [0.1, 0.15) is 6.42 Å². The first-order chi connectivity index (χ1) is 6.18. The van der Waals surface area contributed by atoms with Crippen molar-refractivity contribution in [2.45, 2.75) is 6.42 Å². The average Bonchev–Trinajstić information content (AvgIpc) is 2.15. The molecular weight excluding hydrogens is 187 g/mol. The first-order valence-electron chi connectivity index (χ1n) is 3.77. The summed E-state index contributed by atoms with van der Waals surface area (Å²) in [5.74, 6) is 0. The minimum absolute atomic E-state index is 0.121. The molecule has 0 aliphatic carbocycles. The molecule has 72 valence electrons. The van der Waals surface area contributed by atoms with E-state index < -0.39 is 7.60 Å². The predicted molar refractivity (Wildman–Crippen MR) is 53.4 cm³/mol. The van der Waals surface area contributed by atoms with Gasteiger partial charge in [-0.05, 0) is 6.42 Å². The summed E-state index contributed by atoms with van der Waals surface area (Å²) in [6, 6.07) is 0. The highest BCUT2D eigenvalue weighted by Gasteiger charge is 2.19. The number of terminal acetylenes is 1. The molecule has 0 N–H and O–H groups in total. The third-order valence-corrected chi connectivity index (χ3v) is 2.43. The topological polar surface area (TPSA) is 35.5 Å². The second-order valence-corrected chi connectivity index (χ2v) is 3.89. The van der Waals surface area contributed by atoms with Crippen molar-refractivity contribution in [3.63, 3.8) is 0 Å². The molecule has 0 aliphatic rings. The Morgan fingerprint density at radius 1 is 1.38 bits per heavy atom. The van der Waals surface area contributed by atoms with Crippen LogP contribution in [0, 0.1) is 12.1 Å². The highest BCUT2D eigenvalue weighted by atomic mass is 31.2. The molecule has 0 aliphatic heterocycles. The molecule has 0 aromatic rings. The van der Waals surface area contributed by atoms with Crippen molar-refractivity contribution in [1.29, 1.82) is 0 Å². The van der Waals surface area contributed by atoms with Crippen LogP contribution in [0.2, 0.25) is 0 Å². The van der Waals surface area contributed by atoms with Gasteiger partial charge >= 0.3 is 7.60 Å². The molecule has 4 heteroatoms. The maximum Gasteiger partial charge on any atom is 0.405 e. The minimum atomic E-state index is -3.34. The maximum absolute atomic E-state index is 11.5. The molecule has 0 bridgehead atoms. The molecule has 1 atom stereocenters. The van der Waals surface area contributed by atoms with E-state index in [4.69, 9.17) is 15.5 Å². The summed E-state index contributed by atoms with van der Waals surface area (Å²) < 4.78 is 21.2. The third-order valence-electron chi connectivity index (χ3n) is 1.10. The van der Waals surface area contributed by atoms with Crippen molar-refractivity contribution >= 4 is 7.60 Å². The molecule has 0 heterocycles. The highest BCUT2D eigenvalue weighted by Crippen LogP contribution is 2.46. The maximum atomic E-state index is 11.5. The SMILES string of the molecule is C#CP(=O)(OCC=C)OCCC=C. The molecule has 0 fully saturated rings. The van der Waals surface area contributed by atoms with Gasteiger partial charge in [0, 0.05) is 5.66 Å². The largest absolute Gasteiger partial charge is 0.405 e. The van der Waals surface area contributed by atoms with Crippen molar-refractivity contribution in [3.8, 4) is 12.1 Å². The van der Waals surface area contributed by atoms with Crippen LogP contribution in [0.25, 0.3) is 0 Å². The van der Waals surface area contributed by atoms with E-state index in [2.05, 4.69) is 13.2 Å². The standard InChI is InChI=1S/C9H13O3P/c1-4-7-9-12-13(10,6-3)11-8-5-2/h3-5H,1-2,7-9H2. The van der Waals surface area contributed by atoms with E-state index >= 15 is 0 Å². The molecule has 0 saturated heterocycles. The first-order valence-corrected chi connectivity index (χ1v) is 5.31. The molecule has 0 rings (SSSR count). The molecule has 0 radical (unpaired) electrons. The Kier molecular flexibility index (Phi) is 6.26. The zero-order valence-electron chi connectivity index (χ0n) is 7.44. The van der Waals surface area contributed by atoms with Gasteiger partial charge in [0.2, 0.25) is 0 Å². The van der Waals surface area contributed by atoms with Crippen molar-refractivity contribution < 1.29 is 13.6 Å². The van der Waals surface area contributed by atoms with Gasteiger partial charge in [0.05, 0.1) is 13.2 Å². The van der Waals surface area contributed by atoms with E-state index in [0.717, 1.165) is 0 Å². The van der Waals surface area contributed by atoms with Crippen LogP contribution in [0.15, 0.2) is 25.3 Å². The summed E-state index contributed by atoms with van der Waals surface area (Å²) in [6.45, 7) is 7.27. The van der Waals surface area contributed by atoms with Gasteiger partial charge < -0.3 is 0 Å². The summed E-state index contributed by atoms with van der Waals surface area (Å²) in [6.07, 6.45) is 8.70. The van der Waals surface area contributed by atoms with Gasteiger partial charge in [-0.15, -0.1) is 19.6 Å². The Balaban J connectivity index is 3.98. The van der Waals surface area contributed by atoms with Crippen molar-refractivity contribution in [2.75, 3.05) is 13.2 Å². The van der Waals surface area contributed by atoms with Crippen LogP contribution < -0.4 is 0 Å². The Morgan fingerprint density at radius 2 is 2.08 bits per heavy atom. The summed E-state index contributed by atoms with van der Waals surface area (Å²) >= 11 is 0. The van der Waals surface area contributed by atoms with Gasteiger partial charge in [-0.2, -0.15) is 0 Å². The van der Waals surface area contributed by atoms with Gasteiger partial charge in [-0.25, -0.2) is 4.57 Å². The van der Waals surface area contributed by atoms with Gasteiger partial charge in [0.25, 0.3) is 0 Å². The molecule has 0 saturated carbocycles. The highest BCUT2D eigenvalue weighted by molar-refractivity contribution is 7.59. The predicted octanol–water partition coefficient (Wildman–Crippen LogP) is 2.57. The third kappa shape index (κ3) is 5.43. The fraction of sp³-hybridized carbons (Fsp3) is 0.333. The monoisotopic (exact) mass is 200 g/mol. The second kappa shape index (κ2) is 6.68. The quantitative estimate of drug-likeness (QED) is 0.274. The number of hydrogen-bond acceptors (Lipinski definition) is 3. The summed E-state index contributed by atoms with van der Waals surface area (Å²) in [7, 11) is -3.34. The lowest BCUT2D eigenvalue weighted by atomic mass is 10.5. The normalized spacial score (nSPS) is 14.1. The molecule has 0 amide bonds. The summed E-state index contributed by atoms with van der Waals surface area (Å²) in [5, 5.41) is 0. The van der Waals surface area contributed by atoms with Crippen LogP contribution in [-0.2, 0) is 13.6 Å². The average molecular weight is 200 g/mol. The molecule has 3 nitrogen and oxygen atoms in total. The van der Waals surface area contributed by atoms with E-state index in [-0.39, 0.29) is 13.2 Å². The Bertz CT molecular complexity index is 252. The molecule has 0 aromatic carbocycles. The van der Waals surface area contributed by atoms with Crippen LogP contribution in [0.3, 0.4) is 0 Å². The minimum Gasteiger partial charge on any atom is -0.299 e. The lowest BCUT2D eigenvalue weighted by molar-refractivity contribution is 0.233. The molecule has 0 spiro atoms. The van der Waals surface area contributed by atoms with Gasteiger partial charge in [0.15, 0.2) is 0 Å². The van der Waals surface area contributed by atoms with Gasteiger partial charge in [-0.1, -0.05) is 12.2 Å². The van der Waals surface area contributed by atoms with E-state index in [0.29, 0.717) is 6.42 Å². The van der Waals surface area contributed by atoms with Crippen LogP contribution in [-0.4, -0.2) is 13.2 Å².